The van der Waals surface area contributed by atoms with Crippen LogP contribution >= 0.6 is 0 Å². The molecule has 2 aromatic rings. The third-order valence-corrected chi connectivity index (χ3v) is 6.56. The summed E-state index contributed by atoms with van der Waals surface area (Å²) in [7, 11) is 1.74. The van der Waals surface area contributed by atoms with E-state index in [1.165, 1.54) is 0 Å². The number of nitrogens with zero attached hydrogens (tertiary/aromatic N) is 3. The largest absolute Gasteiger partial charge is 0.492 e. The molecule has 4 rings (SSSR count). The van der Waals surface area contributed by atoms with Gasteiger partial charge in [-0.15, -0.1) is 0 Å². The Morgan fingerprint density at radius 1 is 1.31 bits per heavy atom. The minimum Gasteiger partial charge on any atom is -0.492 e. The molecule has 0 radical (unpaired) electrons. The molecular weight excluding hydrogens is 406 g/mol. The van der Waals surface area contributed by atoms with Gasteiger partial charge in [-0.3, -0.25) is 9.78 Å². The second kappa shape index (κ2) is 10.7. The zero-order chi connectivity index (χ0) is 22.5. The van der Waals surface area contributed by atoms with Crippen molar-refractivity contribution >= 4 is 16.9 Å². The van der Waals surface area contributed by atoms with Crippen LogP contribution < -0.4 is 4.74 Å². The smallest absolute Gasteiger partial charge is 0.252 e. The number of methoxy groups -OCH3 is 1. The molecule has 0 aromatic carbocycles. The first kappa shape index (κ1) is 23.1. The Morgan fingerprint density at radius 3 is 2.84 bits per heavy atom. The van der Waals surface area contributed by atoms with Crippen molar-refractivity contribution in [3.8, 4) is 5.75 Å². The number of carbonyl (C=O) groups is 1. The Labute approximate surface area is 191 Å². The van der Waals surface area contributed by atoms with Gasteiger partial charge in [-0.1, -0.05) is 0 Å². The van der Waals surface area contributed by atoms with Crippen molar-refractivity contribution in [1.29, 1.82) is 0 Å². The summed E-state index contributed by atoms with van der Waals surface area (Å²) in [5.74, 6) is 0.990. The average Bonchev–Trinajstić information content (AvgIpc) is 3.58. The molecule has 7 heteroatoms. The van der Waals surface area contributed by atoms with E-state index in [-0.39, 0.29) is 18.1 Å². The number of carbonyl (C=O) groups excluding carboxylic acids is 1. The fraction of sp³-hybridized carbons (Fsp3) is 0.680. The Balaban J connectivity index is 1.66. The molecule has 1 aliphatic heterocycles. The zero-order valence-corrected chi connectivity index (χ0v) is 19.7. The molecule has 2 fully saturated rings. The number of hydrogen-bond donors (Lipinski definition) is 0. The molecule has 2 aromatic heterocycles. The van der Waals surface area contributed by atoms with E-state index in [9.17, 15) is 4.79 Å². The lowest BCUT2D eigenvalue weighted by Crippen LogP contribution is -2.44. The average molecular weight is 444 g/mol. The van der Waals surface area contributed by atoms with Gasteiger partial charge in [0, 0.05) is 56.9 Å². The van der Waals surface area contributed by atoms with Gasteiger partial charge in [0.15, 0.2) is 0 Å². The fourth-order valence-electron chi connectivity index (χ4n) is 4.79. The summed E-state index contributed by atoms with van der Waals surface area (Å²) in [5.41, 5.74) is 3.04. The minimum absolute atomic E-state index is 0.0624. The molecule has 1 amide bonds. The molecule has 32 heavy (non-hydrogen) atoms. The third-order valence-electron chi connectivity index (χ3n) is 6.56. The molecule has 2 atom stereocenters. The zero-order valence-electron chi connectivity index (χ0n) is 19.7. The Hall–Kier alpha value is -2.12. The predicted molar refractivity (Wildman–Crippen MR) is 124 cm³/mol. The standard InChI is InChI=1S/C25H37N3O4/c1-4-31-21-12-13-26-23-20(17-27(24(21)23)14-6-8-15-30-3)18(2)28(19-10-11-19)25(29)22-9-5-7-16-32-22/h12-13,17-19,22H,4-11,14-16H2,1-3H3/t18-,22-/m1/s1. The van der Waals surface area contributed by atoms with E-state index in [1.807, 2.05) is 19.2 Å². The summed E-state index contributed by atoms with van der Waals surface area (Å²) in [4.78, 5) is 20.3. The summed E-state index contributed by atoms with van der Waals surface area (Å²) in [6.07, 6.45) is 10.8. The maximum absolute atomic E-state index is 13.5. The lowest BCUT2D eigenvalue weighted by molar-refractivity contribution is -0.149. The van der Waals surface area contributed by atoms with Crippen LogP contribution in [-0.2, 0) is 20.8 Å². The van der Waals surface area contributed by atoms with Crippen LogP contribution in [0.4, 0.5) is 0 Å². The van der Waals surface area contributed by atoms with E-state index >= 15 is 0 Å². The van der Waals surface area contributed by atoms with Crippen LogP contribution in [0.1, 0.15) is 70.4 Å². The first-order valence-electron chi connectivity index (χ1n) is 12.2. The van der Waals surface area contributed by atoms with Gasteiger partial charge in [-0.05, 0) is 58.8 Å². The molecule has 0 bridgehead atoms. The number of ether oxygens (including phenoxy) is 3. The molecule has 0 spiro atoms. The number of fused-ring (bicyclic) bond motifs is 1. The number of amides is 1. The first-order chi connectivity index (χ1) is 15.7. The fourth-order valence-corrected chi connectivity index (χ4v) is 4.79. The van der Waals surface area contributed by atoms with E-state index in [0.717, 1.165) is 80.4 Å². The second-order valence-electron chi connectivity index (χ2n) is 8.92. The van der Waals surface area contributed by atoms with E-state index in [1.54, 1.807) is 7.11 Å². The minimum atomic E-state index is -0.305. The van der Waals surface area contributed by atoms with Crippen LogP contribution in [0.2, 0.25) is 0 Å². The van der Waals surface area contributed by atoms with Crippen molar-refractivity contribution in [1.82, 2.24) is 14.5 Å². The number of aryl methyl sites for hydroxylation is 1. The number of pyridine rings is 1. The summed E-state index contributed by atoms with van der Waals surface area (Å²) >= 11 is 0. The highest BCUT2D eigenvalue weighted by atomic mass is 16.5. The molecule has 3 heterocycles. The van der Waals surface area contributed by atoms with Gasteiger partial charge in [-0.25, -0.2) is 0 Å². The van der Waals surface area contributed by atoms with Crippen LogP contribution in [0.15, 0.2) is 18.5 Å². The van der Waals surface area contributed by atoms with Gasteiger partial charge < -0.3 is 23.7 Å². The van der Waals surface area contributed by atoms with Crippen LogP contribution in [0, 0.1) is 0 Å². The normalized spacial score (nSPS) is 19.8. The van der Waals surface area contributed by atoms with E-state index in [2.05, 4.69) is 22.6 Å². The van der Waals surface area contributed by atoms with Crippen LogP contribution in [0.3, 0.4) is 0 Å². The molecule has 1 aliphatic carbocycles. The number of hydrogen-bond acceptors (Lipinski definition) is 5. The summed E-state index contributed by atoms with van der Waals surface area (Å²) in [5, 5.41) is 0. The molecule has 1 saturated heterocycles. The van der Waals surface area contributed by atoms with Crippen molar-refractivity contribution in [2.45, 2.75) is 83.5 Å². The van der Waals surface area contributed by atoms with Gasteiger partial charge >= 0.3 is 0 Å². The predicted octanol–water partition coefficient (Wildman–Crippen LogP) is 4.48. The Morgan fingerprint density at radius 2 is 2.16 bits per heavy atom. The van der Waals surface area contributed by atoms with E-state index in [4.69, 9.17) is 19.2 Å². The van der Waals surface area contributed by atoms with Crippen molar-refractivity contribution in [3.05, 3.63) is 24.0 Å². The maximum Gasteiger partial charge on any atom is 0.252 e. The monoisotopic (exact) mass is 443 g/mol. The number of rotatable bonds is 11. The lowest BCUT2D eigenvalue weighted by Gasteiger charge is -2.33. The van der Waals surface area contributed by atoms with Crippen LogP contribution in [-0.4, -0.2) is 59.4 Å². The van der Waals surface area contributed by atoms with Crippen molar-refractivity contribution in [3.63, 3.8) is 0 Å². The summed E-state index contributed by atoms with van der Waals surface area (Å²) in [6.45, 7) is 7.04. The number of aromatic nitrogens is 2. The molecule has 1 saturated carbocycles. The highest BCUT2D eigenvalue weighted by molar-refractivity contribution is 5.87. The molecule has 0 unspecified atom stereocenters. The molecule has 7 nitrogen and oxygen atoms in total. The molecule has 0 N–H and O–H groups in total. The quantitative estimate of drug-likeness (QED) is 0.479. The topological polar surface area (TPSA) is 65.8 Å². The highest BCUT2D eigenvalue weighted by Gasteiger charge is 2.40. The van der Waals surface area contributed by atoms with Crippen molar-refractivity contribution in [2.75, 3.05) is 26.9 Å². The van der Waals surface area contributed by atoms with Gasteiger partial charge in [-0.2, -0.15) is 0 Å². The van der Waals surface area contributed by atoms with Crippen LogP contribution in [0.5, 0.6) is 5.75 Å². The number of unbranched alkanes of at least 4 members (excludes halogenated alkanes) is 1. The third kappa shape index (κ3) is 4.94. The van der Waals surface area contributed by atoms with Crippen LogP contribution in [0.25, 0.3) is 11.0 Å². The Bertz CT molecular complexity index is 902. The SMILES string of the molecule is CCOc1ccnc2c([C@@H](C)N(C(=O)[C@H]3CCCCO3)C3CC3)cn(CCCCOC)c12. The Kier molecular flexibility index (Phi) is 7.68. The highest BCUT2D eigenvalue weighted by Crippen LogP contribution is 2.39. The lowest BCUT2D eigenvalue weighted by atomic mass is 10.0. The van der Waals surface area contributed by atoms with E-state index < -0.39 is 0 Å². The van der Waals surface area contributed by atoms with Gasteiger partial charge in [0.05, 0.1) is 18.2 Å². The van der Waals surface area contributed by atoms with E-state index in [0.29, 0.717) is 19.3 Å². The maximum atomic E-state index is 13.5. The van der Waals surface area contributed by atoms with Gasteiger partial charge in [0.1, 0.15) is 17.4 Å². The first-order valence-corrected chi connectivity index (χ1v) is 12.2. The molecule has 176 valence electrons. The molecular formula is C25H37N3O4. The molecule has 2 aliphatic rings. The summed E-state index contributed by atoms with van der Waals surface area (Å²) in [6, 6.07) is 2.18. The van der Waals surface area contributed by atoms with Crippen molar-refractivity contribution < 1.29 is 19.0 Å². The van der Waals surface area contributed by atoms with Gasteiger partial charge in [0.25, 0.3) is 5.91 Å². The van der Waals surface area contributed by atoms with Gasteiger partial charge in [0.2, 0.25) is 0 Å². The summed E-state index contributed by atoms with van der Waals surface area (Å²) < 4.78 is 19.3. The second-order valence-corrected chi connectivity index (χ2v) is 8.92. The van der Waals surface area contributed by atoms with Crippen molar-refractivity contribution in [2.24, 2.45) is 0 Å².